The largest absolute Gasteiger partial charge is 0.496 e. The van der Waals surface area contributed by atoms with Crippen LogP contribution in [-0.4, -0.2) is 14.2 Å². The van der Waals surface area contributed by atoms with Gasteiger partial charge in [-0.3, -0.25) is 0 Å². The zero-order chi connectivity index (χ0) is 16.8. The van der Waals surface area contributed by atoms with E-state index in [-0.39, 0.29) is 0 Å². The molecule has 0 aliphatic heterocycles. The maximum atomic E-state index is 5.21. The Kier molecular flexibility index (Phi) is 4.97. The summed E-state index contributed by atoms with van der Waals surface area (Å²) in [6, 6.07) is 30.0. The maximum Gasteiger partial charge on any atom is 0.126 e. The molecule has 2 heteroatoms. The Balaban J connectivity index is 0.000000141. The van der Waals surface area contributed by atoms with Crippen molar-refractivity contribution < 1.29 is 9.47 Å². The molecular formula is C22H18O2. The number of benzene rings is 4. The third-order valence-electron chi connectivity index (χ3n) is 3.77. The van der Waals surface area contributed by atoms with Crippen molar-refractivity contribution in [3.8, 4) is 11.5 Å². The summed E-state index contributed by atoms with van der Waals surface area (Å²) in [4.78, 5) is 0. The highest BCUT2D eigenvalue weighted by atomic mass is 16.5. The molecule has 0 unspecified atom stereocenters. The van der Waals surface area contributed by atoms with Crippen LogP contribution in [0.4, 0.5) is 0 Å². The molecular weight excluding hydrogens is 296 g/mol. The first-order valence-electron chi connectivity index (χ1n) is 7.70. The van der Waals surface area contributed by atoms with Gasteiger partial charge < -0.3 is 9.47 Å². The van der Waals surface area contributed by atoms with Crippen molar-refractivity contribution in [3.05, 3.63) is 84.9 Å². The maximum absolute atomic E-state index is 5.21. The van der Waals surface area contributed by atoms with Crippen LogP contribution in [0.2, 0.25) is 0 Å². The van der Waals surface area contributed by atoms with Gasteiger partial charge in [0.2, 0.25) is 0 Å². The number of methoxy groups -OCH3 is 2. The van der Waals surface area contributed by atoms with Gasteiger partial charge >= 0.3 is 0 Å². The molecule has 118 valence electrons. The fourth-order valence-corrected chi connectivity index (χ4v) is 2.60. The summed E-state index contributed by atoms with van der Waals surface area (Å²) in [7, 11) is 3.36. The summed E-state index contributed by atoms with van der Waals surface area (Å²) in [5.41, 5.74) is 0. The average Bonchev–Trinajstić information content (AvgIpc) is 2.67. The Hall–Kier alpha value is -3.00. The van der Waals surface area contributed by atoms with Crippen molar-refractivity contribution in [1.29, 1.82) is 0 Å². The molecule has 24 heavy (non-hydrogen) atoms. The quantitative estimate of drug-likeness (QED) is 0.500. The van der Waals surface area contributed by atoms with Gasteiger partial charge in [-0.15, -0.1) is 0 Å². The molecule has 2 radical (unpaired) electrons. The predicted octanol–water partition coefficient (Wildman–Crippen LogP) is 5.30. The van der Waals surface area contributed by atoms with E-state index in [9.17, 15) is 0 Å². The second kappa shape index (κ2) is 7.51. The molecule has 4 aromatic carbocycles. The van der Waals surface area contributed by atoms with E-state index in [1.54, 1.807) is 14.2 Å². The summed E-state index contributed by atoms with van der Waals surface area (Å²) in [6.45, 7) is 0. The van der Waals surface area contributed by atoms with Crippen molar-refractivity contribution in [1.82, 2.24) is 0 Å². The van der Waals surface area contributed by atoms with E-state index in [1.807, 2.05) is 72.8 Å². The third kappa shape index (κ3) is 3.33. The molecule has 0 amide bonds. The van der Waals surface area contributed by atoms with E-state index in [1.165, 1.54) is 0 Å². The molecule has 0 saturated heterocycles. The van der Waals surface area contributed by atoms with Crippen LogP contribution in [0, 0.1) is 12.1 Å². The summed E-state index contributed by atoms with van der Waals surface area (Å²) < 4.78 is 10.4. The average molecular weight is 314 g/mol. The number of hydrogen-bond acceptors (Lipinski definition) is 2. The van der Waals surface area contributed by atoms with E-state index in [4.69, 9.17) is 9.47 Å². The van der Waals surface area contributed by atoms with E-state index in [2.05, 4.69) is 12.1 Å². The number of ether oxygens (including phenoxy) is 2. The monoisotopic (exact) mass is 314 g/mol. The smallest absolute Gasteiger partial charge is 0.126 e. The second-order valence-electron chi connectivity index (χ2n) is 5.18. The fourth-order valence-electron chi connectivity index (χ4n) is 2.60. The van der Waals surface area contributed by atoms with Gasteiger partial charge in [0, 0.05) is 10.8 Å². The van der Waals surface area contributed by atoms with Crippen LogP contribution in [0.5, 0.6) is 11.5 Å². The highest BCUT2D eigenvalue weighted by Crippen LogP contribution is 2.24. The van der Waals surface area contributed by atoms with Crippen molar-refractivity contribution in [3.63, 3.8) is 0 Å². The Bertz CT molecular complexity index is 855. The van der Waals surface area contributed by atoms with Crippen LogP contribution in [0.15, 0.2) is 72.8 Å². The van der Waals surface area contributed by atoms with Crippen molar-refractivity contribution in [2.45, 2.75) is 0 Å². The molecule has 4 aromatic rings. The van der Waals surface area contributed by atoms with Crippen molar-refractivity contribution in [2.75, 3.05) is 14.2 Å². The lowest BCUT2D eigenvalue weighted by Crippen LogP contribution is -1.83. The topological polar surface area (TPSA) is 18.5 Å². The van der Waals surface area contributed by atoms with E-state index < -0.39 is 0 Å². The molecule has 0 bridgehead atoms. The molecule has 0 aliphatic carbocycles. The molecule has 2 nitrogen and oxygen atoms in total. The highest BCUT2D eigenvalue weighted by Gasteiger charge is 1.98. The van der Waals surface area contributed by atoms with Crippen LogP contribution in [-0.2, 0) is 0 Å². The highest BCUT2D eigenvalue weighted by molar-refractivity contribution is 5.88. The van der Waals surface area contributed by atoms with Gasteiger partial charge in [-0.1, -0.05) is 60.7 Å². The van der Waals surface area contributed by atoms with Gasteiger partial charge in [-0.2, -0.15) is 0 Å². The minimum absolute atomic E-state index is 0.907. The number of hydrogen-bond donors (Lipinski definition) is 0. The zero-order valence-corrected chi connectivity index (χ0v) is 13.7. The van der Waals surface area contributed by atoms with Crippen LogP contribution in [0.1, 0.15) is 0 Å². The molecule has 4 rings (SSSR count). The Morgan fingerprint density at radius 3 is 1.42 bits per heavy atom. The minimum atomic E-state index is 0.907. The normalized spacial score (nSPS) is 10.1. The molecule has 0 heterocycles. The lowest BCUT2D eigenvalue weighted by molar-refractivity contribution is 0.419. The third-order valence-corrected chi connectivity index (χ3v) is 3.77. The Morgan fingerprint density at radius 2 is 1.00 bits per heavy atom. The molecule has 0 saturated carbocycles. The van der Waals surface area contributed by atoms with Crippen LogP contribution < -0.4 is 9.47 Å². The van der Waals surface area contributed by atoms with E-state index in [0.29, 0.717) is 0 Å². The van der Waals surface area contributed by atoms with E-state index >= 15 is 0 Å². The van der Waals surface area contributed by atoms with Gasteiger partial charge in [0.25, 0.3) is 0 Å². The predicted molar refractivity (Wildman–Crippen MR) is 98.7 cm³/mol. The molecule has 0 fully saturated rings. The number of fused-ring (bicyclic) bond motifs is 2. The summed E-state index contributed by atoms with van der Waals surface area (Å²) in [6.07, 6.45) is 0. The Morgan fingerprint density at radius 1 is 0.583 bits per heavy atom. The van der Waals surface area contributed by atoms with Crippen LogP contribution >= 0.6 is 0 Å². The van der Waals surface area contributed by atoms with Gasteiger partial charge in [-0.05, 0) is 35.0 Å². The fraction of sp³-hybridized carbons (Fsp3) is 0.0909. The van der Waals surface area contributed by atoms with Crippen LogP contribution in [0.25, 0.3) is 21.5 Å². The van der Waals surface area contributed by atoms with E-state index in [0.717, 1.165) is 33.0 Å². The van der Waals surface area contributed by atoms with Crippen LogP contribution in [0.3, 0.4) is 0 Å². The SMILES string of the molecule is COc1cc[c]c2ccccc12.COc1cc[c]c2ccccc12. The molecule has 0 aliphatic rings. The van der Waals surface area contributed by atoms with Crippen molar-refractivity contribution >= 4 is 21.5 Å². The number of rotatable bonds is 2. The summed E-state index contributed by atoms with van der Waals surface area (Å²) >= 11 is 0. The lowest BCUT2D eigenvalue weighted by atomic mass is 10.1. The second-order valence-corrected chi connectivity index (χ2v) is 5.18. The first kappa shape index (κ1) is 15.9. The Labute approximate surface area is 142 Å². The summed E-state index contributed by atoms with van der Waals surface area (Å²) in [5.74, 6) is 1.81. The molecule has 0 aromatic heterocycles. The first-order valence-corrected chi connectivity index (χ1v) is 7.70. The molecule has 0 atom stereocenters. The minimum Gasteiger partial charge on any atom is -0.496 e. The van der Waals surface area contributed by atoms with Gasteiger partial charge in [-0.25, -0.2) is 0 Å². The van der Waals surface area contributed by atoms with Crippen molar-refractivity contribution in [2.24, 2.45) is 0 Å². The lowest BCUT2D eigenvalue weighted by Gasteiger charge is -2.03. The molecule has 0 spiro atoms. The zero-order valence-electron chi connectivity index (χ0n) is 13.7. The first-order chi connectivity index (χ1) is 11.8. The van der Waals surface area contributed by atoms with Gasteiger partial charge in [0.1, 0.15) is 11.5 Å². The summed E-state index contributed by atoms with van der Waals surface area (Å²) in [5, 5.41) is 4.42. The molecule has 0 N–H and O–H groups in total. The van der Waals surface area contributed by atoms with Gasteiger partial charge in [0.05, 0.1) is 14.2 Å². The standard InChI is InChI=1S/2C11H9O/c2*1-12-11-8-4-6-9-5-2-3-7-10(9)11/h2*2-5,7-8H,1H3. The van der Waals surface area contributed by atoms with Gasteiger partial charge in [0.15, 0.2) is 0 Å².